The Balaban J connectivity index is 2.51. The van der Waals surface area contributed by atoms with Crippen LogP contribution in [-0.4, -0.2) is 20.5 Å². The summed E-state index contributed by atoms with van der Waals surface area (Å²) in [4.78, 5) is 15.6. The topological polar surface area (TPSA) is 102 Å². The highest BCUT2D eigenvalue weighted by molar-refractivity contribution is 6.05. The van der Waals surface area contributed by atoms with Gasteiger partial charge in [-0.2, -0.15) is 0 Å². The molecule has 0 fully saturated rings. The molecule has 3 aromatic rings. The third-order valence-corrected chi connectivity index (χ3v) is 2.86. The largest absolute Gasteiger partial charge is 0.366 e. The van der Waals surface area contributed by atoms with Gasteiger partial charge < -0.3 is 11.5 Å². The standard InChI is InChI=1S/C11H10FN5O/c12-6-1-7(10(14)18)9-8(2-6)16-11-5(3-13)4-15-17(9)11/h1-2,4,15H,3,13H2,(H2,14,18). The number of nitrogens with two attached hydrogens (primary N) is 2. The van der Waals surface area contributed by atoms with E-state index in [1.165, 1.54) is 6.07 Å². The quantitative estimate of drug-likeness (QED) is 0.614. The molecule has 0 unspecified atom stereocenters. The third kappa shape index (κ3) is 1.31. The summed E-state index contributed by atoms with van der Waals surface area (Å²) < 4.78 is 15.0. The number of primary amides is 1. The summed E-state index contributed by atoms with van der Waals surface area (Å²) >= 11 is 0. The van der Waals surface area contributed by atoms with E-state index < -0.39 is 11.7 Å². The number of halogens is 1. The van der Waals surface area contributed by atoms with Crippen molar-refractivity contribution >= 4 is 22.6 Å². The van der Waals surface area contributed by atoms with Crippen LogP contribution in [0.2, 0.25) is 0 Å². The molecule has 0 aliphatic carbocycles. The summed E-state index contributed by atoms with van der Waals surface area (Å²) in [6, 6.07) is 2.35. The molecule has 3 rings (SSSR count). The minimum absolute atomic E-state index is 0.0860. The molecule has 0 saturated carbocycles. The van der Waals surface area contributed by atoms with Gasteiger partial charge in [0.25, 0.3) is 5.91 Å². The van der Waals surface area contributed by atoms with Crippen molar-refractivity contribution < 1.29 is 9.18 Å². The van der Waals surface area contributed by atoms with E-state index in [9.17, 15) is 9.18 Å². The van der Waals surface area contributed by atoms with Crippen LogP contribution >= 0.6 is 0 Å². The highest BCUT2D eigenvalue weighted by Crippen LogP contribution is 2.23. The van der Waals surface area contributed by atoms with Crippen molar-refractivity contribution in [2.75, 3.05) is 0 Å². The number of imidazole rings is 1. The van der Waals surface area contributed by atoms with Gasteiger partial charge in [0, 0.05) is 24.4 Å². The van der Waals surface area contributed by atoms with Gasteiger partial charge in [-0.05, 0) is 6.07 Å². The maximum Gasteiger partial charge on any atom is 0.251 e. The molecular weight excluding hydrogens is 237 g/mol. The van der Waals surface area contributed by atoms with Crippen LogP contribution in [0.25, 0.3) is 16.7 Å². The van der Waals surface area contributed by atoms with Gasteiger partial charge in [-0.3, -0.25) is 9.89 Å². The predicted molar refractivity (Wildman–Crippen MR) is 63.4 cm³/mol. The number of hydrogen-bond donors (Lipinski definition) is 3. The SMILES string of the molecule is NCc1c[nH]n2c1nc1cc(F)cc(C(N)=O)c12. The summed E-state index contributed by atoms with van der Waals surface area (Å²) in [5, 5.41) is 2.92. The Morgan fingerprint density at radius 1 is 1.50 bits per heavy atom. The molecule has 92 valence electrons. The van der Waals surface area contributed by atoms with E-state index in [-0.39, 0.29) is 5.56 Å². The van der Waals surface area contributed by atoms with Crippen LogP contribution in [0.5, 0.6) is 0 Å². The van der Waals surface area contributed by atoms with Crippen LogP contribution in [0.3, 0.4) is 0 Å². The van der Waals surface area contributed by atoms with Gasteiger partial charge in [-0.15, -0.1) is 0 Å². The van der Waals surface area contributed by atoms with Crippen molar-refractivity contribution in [3.05, 3.63) is 35.3 Å². The molecule has 2 heterocycles. The summed E-state index contributed by atoms with van der Waals surface area (Å²) in [6.07, 6.45) is 1.69. The summed E-state index contributed by atoms with van der Waals surface area (Å²) in [6.45, 7) is 0.296. The average Bonchev–Trinajstić information content (AvgIpc) is 2.85. The fourth-order valence-corrected chi connectivity index (χ4v) is 2.06. The monoisotopic (exact) mass is 247 g/mol. The second kappa shape index (κ2) is 3.54. The van der Waals surface area contributed by atoms with Gasteiger partial charge in [-0.1, -0.05) is 0 Å². The Kier molecular flexibility index (Phi) is 2.11. The van der Waals surface area contributed by atoms with Gasteiger partial charge in [-0.25, -0.2) is 13.9 Å². The molecule has 0 bridgehead atoms. The van der Waals surface area contributed by atoms with E-state index in [2.05, 4.69) is 10.1 Å². The minimum Gasteiger partial charge on any atom is -0.366 e. The number of carbonyl (C=O) groups is 1. The number of nitrogens with one attached hydrogen (secondary N) is 1. The minimum atomic E-state index is -0.704. The molecule has 6 nitrogen and oxygen atoms in total. The lowest BCUT2D eigenvalue weighted by atomic mass is 10.1. The summed E-state index contributed by atoms with van der Waals surface area (Å²) in [5.74, 6) is -1.25. The van der Waals surface area contributed by atoms with Crippen LogP contribution in [0.1, 0.15) is 15.9 Å². The Bertz CT molecular complexity index is 773. The normalized spacial score (nSPS) is 11.4. The molecule has 0 atom stereocenters. The lowest BCUT2D eigenvalue weighted by Crippen LogP contribution is -2.12. The first-order valence-corrected chi connectivity index (χ1v) is 5.29. The van der Waals surface area contributed by atoms with Gasteiger partial charge in [0.15, 0.2) is 5.65 Å². The second-order valence-electron chi connectivity index (χ2n) is 3.96. The number of nitrogens with zero attached hydrogens (tertiary/aromatic N) is 2. The number of aromatic amines is 1. The molecule has 0 aliphatic heterocycles. The van der Waals surface area contributed by atoms with E-state index in [0.717, 1.165) is 11.6 Å². The number of H-pyrrole nitrogens is 1. The van der Waals surface area contributed by atoms with Crippen molar-refractivity contribution in [1.82, 2.24) is 14.6 Å². The molecule has 5 N–H and O–H groups in total. The molecule has 2 aromatic heterocycles. The van der Waals surface area contributed by atoms with Crippen LogP contribution < -0.4 is 11.5 Å². The third-order valence-electron chi connectivity index (χ3n) is 2.86. The number of carbonyl (C=O) groups excluding carboxylic acids is 1. The van der Waals surface area contributed by atoms with E-state index in [1.807, 2.05) is 0 Å². The first kappa shape index (κ1) is 10.7. The number of benzene rings is 1. The maximum atomic E-state index is 13.4. The van der Waals surface area contributed by atoms with Crippen molar-refractivity contribution in [2.45, 2.75) is 6.54 Å². The van der Waals surface area contributed by atoms with Crippen LogP contribution in [0.4, 0.5) is 4.39 Å². The Labute approximate surface area is 100 Å². The number of amides is 1. The van der Waals surface area contributed by atoms with Crippen molar-refractivity contribution in [2.24, 2.45) is 11.5 Å². The number of aromatic nitrogens is 3. The first-order valence-electron chi connectivity index (χ1n) is 5.29. The highest BCUT2D eigenvalue weighted by atomic mass is 19.1. The maximum absolute atomic E-state index is 13.4. The van der Waals surface area contributed by atoms with Crippen LogP contribution in [0, 0.1) is 5.82 Å². The zero-order valence-electron chi connectivity index (χ0n) is 9.27. The highest BCUT2D eigenvalue weighted by Gasteiger charge is 2.17. The molecule has 0 spiro atoms. The van der Waals surface area contributed by atoms with Crippen molar-refractivity contribution in [1.29, 1.82) is 0 Å². The number of hydrogen-bond acceptors (Lipinski definition) is 3. The van der Waals surface area contributed by atoms with Crippen LogP contribution in [-0.2, 0) is 6.54 Å². The molecule has 0 radical (unpaired) electrons. The predicted octanol–water partition coefficient (Wildman–Crippen LogP) is 0.512. The number of fused-ring (bicyclic) bond motifs is 3. The average molecular weight is 247 g/mol. The molecule has 18 heavy (non-hydrogen) atoms. The fourth-order valence-electron chi connectivity index (χ4n) is 2.06. The van der Waals surface area contributed by atoms with E-state index >= 15 is 0 Å². The van der Waals surface area contributed by atoms with Gasteiger partial charge in [0.05, 0.1) is 11.1 Å². The Morgan fingerprint density at radius 2 is 2.28 bits per heavy atom. The lowest BCUT2D eigenvalue weighted by Gasteiger charge is -1.99. The molecule has 0 saturated heterocycles. The zero-order chi connectivity index (χ0) is 12.9. The molecule has 1 aromatic carbocycles. The smallest absolute Gasteiger partial charge is 0.251 e. The van der Waals surface area contributed by atoms with Crippen molar-refractivity contribution in [3.63, 3.8) is 0 Å². The zero-order valence-corrected chi connectivity index (χ0v) is 9.27. The molecular formula is C11H10FN5O. The summed E-state index contributed by atoms with van der Waals surface area (Å²) in [5.41, 5.74) is 13.1. The Morgan fingerprint density at radius 3 is 2.94 bits per heavy atom. The van der Waals surface area contributed by atoms with E-state index in [4.69, 9.17) is 11.5 Å². The van der Waals surface area contributed by atoms with Gasteiger partial charge >= 0.3 is 0 Å². The van der Waals surface area contributed by atoms with Gasteiger partial charge in [0.1, 0.15) is 11.3 Å². The van der Waals surface area contributed by atoms with E-state index in [1.54, 1.807) is 10.7 Å². The molecule has 1 amide bonds. The lowest BCUT2D eigenvalue weighted by molar-refractivity contribution is 0.100. The Hall–Kier alpha value is -2.41. The fraction of sp³-hybridized carbons (Fsp3) is 0.0909. The summed E-state index contributed by atoms with van der Waals surface area (Å²) in [7, 11) is 0. The van der Waals surface area contributed by atoms with Crippen LogP contribution in [0.15, 0.2) is 18.3 Å². The van der Waals surface area contributed by atoms with Gasteiger partial charge in [0.2, 0.25) is 0 Å². The second-order valence-corrected chi connectivity index (χ2v) is 3.96. The van der Waals surface area contributed by atoms with E-state index in [0.29, 0.717) is 23.2 Å². The molecule has 7 heteroatoms. The number of rotatable bonds is 2. The first-order chi connectivity index (χ1) is 8.61. The molecule has 0 aliphatic rings. The van der Waals surface area contributed by atoms with Crippen molar-refractivity contribution in [3.8, 4) is 0 Å².